The molecule has 2 saturated heterocycles. The van der Waals surface area contributed by atoms with Gasteiger partial charge >= 0.3 is 0 Å². The largest absolute Gasteiger partial charge is 0.352 e. The van der Waals surface area contributed by atoms with Crippen LogP contribution in [0.3, 0.4) is 0 Å². The van der Waals surface area contributed by atoms with Gasteiger partial charge in [-0.3, -0.25) is 14.7 Å². The number of aryl methyl sites for hydroxylation is 1. The Kier molecular flexibility index (Phi) is 6.88. The standard InChI is InChI=1S/C21H32FN5O/c1-16-6-7-18(14-19(16)22)15-24-21(23-3)27-12-10-25(11-13-27)17(2)20(28)26-8-4-5-9-26/h6-7,14,17H,4-5,8-13,15H2,1-3H3,(H,23,24). The highest BCUT2D eigenvalue weighted by atomic mass is 19.1. The van der Waals surface area contributed by atoms with Gasteiger partial charge in [-0.1, -0.05) is 12.1 Å². The van der Waals surface area contributed by atoms with Crippen LogP contribution in [-0.4, -0.2) is 78.9 Å². The van der Waals surface area contributed by atoms with E-state index in [0.717, 1.165) is 63.6 Å². The second kappa shape index (κ2) is 9.37. The van der Waals surface area contributed by atoms with Crippen molar-refractivity contribution in [3.8, 4) is 0 Å². The third-order valence-corrected chi connectivity index (χ3v) is 5.84. The number of halogens is 1. The van der Waals surface area contributed by atoms with Crippen molar-refractivity contribution in [2.45, 2.75) is 39.3 Å². The Bertz CT molecular complexity index is 709. The van der Waals surface area contributed by atoms with Crippen LogP contribution in [0, 0.1) is 12.7 Å². The first kappa shape index (κ1) is 20.6. The Morgan fingerprint density at radius 3 is 2.43 bits per heavy atom. The highest BCUT2D eigenvalue weighted by Crippen LogP contribution is 2.14. The Morgan fingerprint density at radius 2 is 1.82 bits per heavy atom. The minimum Gasteiger partial charge on any atom is -0.352 e. The van der Waals surface area contributed by atoms with Gasteiger partial charge in [0.25, 0.3) is 0 Å². The molecule has 0 bridgehead atoms. The van der Waals surface area contributed by atoms with Gasteiger partial charge in [-0.25, -0.2) is 4.39 Å². The first-order valence-electron chi connectivity index (χ1n) is 10.2. The second-order valence-electron chi connectivity index (χ2n) is 7.72. The molecule has 1 unspecified atom stereocenters. The fourth-order valence-corrected chi connectivity index (χ4v) is 3.94. The van der Waals surface area contributed by atoms with E-state index < -0.39 is 0 Å². The predicted octanol–water partition coefficient (Wildman–Crippen LogP) is 1.84. The van der Waals surface area contributed by atoms with Gasteiger partial charge in [0.1, 0.15) is 5.82 Å². The lowest BCUT2D eigenvalue weighted by atomic mass is 10.1. The lowest BCUT2D eigenvalue weighted by Gasteiger charge is -2.39. The molecule has 6 nitrogen and oxygen atoms in total. The van der Waals surface area contributed by atoms with Gasteiger partial charge in [0, 0.05) is 52.9 Å². The number of carbonyl (C=O) groups excluding carboxylic acids is 1. The third kappa shape index (κ3) is 4.82. The summed E-state index contributed by atoms with van der Waals surface area (Å²) in [4.78, 5) is 23.5. The van der Waals surface area contributed by atoms with E-state index in [9.17, 15) is 9.18 Å². The van der Waals surface area contributed by atoms with Crippen molar-refractivity contribution in [3.63, 3.8) is 0 Å². The van der Waals surface area contributed by atoms with Crippen LogP contribution in [0.4, 0.5) is 4.39 Å². The van der Waals surface area contributed by atoms with E-state index in [1.54, 1.807) is 26.1 Å². The van der Waals surface area contributed by atoms with E-state index >= 15 is 0 Å². The topological polar surface area (TPSA) is 51.2 Å². The predicted molar refractivity (Wildman–Crippen MR) is 110 cm³/mol. The number of amides is 1. The van der Waals surface area contributed by atoms with E-state index in [2.05, 4.69) is 20.1 Å². The highest BCUT2D eigenvalue weighted by Gasteiger charge is 2.30. The number of carbonyl (C=O) groups is 1. The van der Waals surface area contributed by atoms with Crippen molar-refractivity contribution < 1.29 is 9.18 Å². The number of nitrogens with one attached hydrogen (secondary N) is 1. The van der Waals surface area contributed by atoms with E-state index in [-0.39, 0.29) is 17.8 Å². The first-order valence-corrected chi connectivity index (χ1v) is 10.2. The van der Waals surface area contributed by atoms with E-state index in [0.29, 0.717) is 12.1 Å². The van der Waals surface area contributed by atoms with Gasteiger partial charge in [-0.05, 0) is 43.9 Å². The van der Waals surface area contributed by atoms with E-state index in [1.165, 1.54) is 0 Å². The molecule has 2 aliphatic heterocycles. The maximum absolute atomic E-state index is 13.7. The normalized spacial score (nSPS) is 19.8. The average molecular weight is 390 g/mol. The second-order valence-corrected chi connectivity index (χ2v) is 7.72. The number of nitrogens with zero attached hydrogens (tertiary/aromatic N) is 4. The number of likely N-dealkylation sites (tertiary alicyclic amines) is 1. The summed E-state index contributed by atoms with van der Waals surface area (Å²) in [6.07, 6.45) is 2.25. The summed E-state index contributed by atoms with van der Waals surface area (Å²) in [6.45, 7) is 9.43. The van der Waals surface area contributed by atoms with Crippen LogP contribution in [0.5, 0.6) is 0 Å². The van der Waals surface area contributed by atoms with Gasteiger partial charge in [-0.15, -0.1) is 0 Å². The summed E-state index contributed by atoms with van der Waals surface area (Å²) >= 11 is 0. The Balaban J connectivity index is 1.49. The number of hydrogen-bond donors (Lipinski definition) is 1. The van der Waals surface area contributed by atoms with Crippen molar-refractivity contribution in [2.75, 3.05) is 46.3 Å². The lowest BCUT2D eigenvalue weighted by molar-refractivity contribution is -0.135. The Labute approximate surface area is 167 Å². The number of aliphatic imine (C=N–C) groups is 1. The molecule has 2 aliphatic rings. The molecule has 1 atom stereocenters. The van der Waals surface area contributed by atoms with Crippen LogP contribution in [-0.2, 0) is 11.3 Å². The summed E-state index contributed by atoms with van der Waals surface area (Å²) in [5.41, 5.74) is 1.55. The number of hydrogen-bond acceptors (Lipinski definition) is 3. The summed E-state index contributed by atoms with van der Waals surface area (Å²) < 4.78 is 13.7. The van der Waals surface area contributed by atoms with Crippen LogP contribution in [0.15, 0.2) is 23.2 Å². The van der Waals surface area contributed by atoms with Crippen molar-refractivity contribution >= 4 is 11.9 Å². The molecule has 0 aromatic heterocycles. The zero-order chi connectivity index (χ0) is 20.1. The molecule has 1 aromatic rings. The molecule has 1 aromatic carbocycles. The minimum absolute atomic E-state index is 0.0641. The first-order chi connectivity index (χ1) is 13.5. The summed E-state index contributed by atoms with van der Waals surface area (Å²) in [6, 6.07) is 5.24. The number of piperazine rings is 1. The smallest absolute Gasteiger partial charge is 0.239 e. The highest BCUT2D eigenvalue weighted by molar-refractivity contribution is 5.82. The Hall–Kier alpha value is -2.15. The van der Waals surface area contributed by atoms with Crippen molar-refractivity contribution in [1.29, 1.82) is 0 Å². The zero-order valence-corrected chi connectivity index (χ0v) is 17.2. The summed E-state index contributed by atoms with van der Waals surface area (Å²) in [5.74, 6) is 0.897. The van der Waals surface area contributed by atoms with Crippen LogP contribution in [0.2, 0.25) is 0 Å². The number of guanidine groups is 1. The fourth-order valence-electron chi connectivity index (χ4n) is 3.94. The van der Waals surface area contributed by atoms with Gasteiger partial charge < -0.3 is 15.1 Å². The quantitative estimate of drug-likeness (QED) is 0.631. The Morgan fingerprint density at radius 1 is 1.14 bits per heavy atom. The number of benzene rings is 1. The molecule has 1 amide bonds. The zero-order valence-electron chi connectivity index (χ0n) is 17.2. The molecule has 0 saturated carbocycles. The SMILES string of the molecule is CN=C(NCc1ccc(C)c(F)c1)N1CCN(C(C)C(=O)N2CCCC2)CC1. The third-order valence-electron chi connectivity index (χ3n) is 5.84. The van der Waals surface area contributed by atoms with Crippen molar-refractivity contribution in [1.82, 2.24) is 20.0 Å². The monoisotopic (exact) mass is 389 g/mol. The van der Waals surface area contributed by atoms with Crippen molar-refractivity contribution in [2.24, 2.45) is 4.99 Å². The van der Waals surface area contributed by atoms with Crippen LogP contribution in [0.1, 0.15) is 30.9 Å². The lowest BCUT2D eigenvalue weighted by Crippen LogP contribution is -2.57. The molecule has 2 fully saturated rings. The summed E-state index contributed by atoms with van der Waals surface area (Å²) in [7, 11) is 1.77. The molecule has 2 heterocycles. The molecule has 0 spiro atoms. The molecule has 3 rings (SSSR count). The van der Waals surface area contributed by atoms with E-state index in [1.807, 2.05) is 17.9 Å². The van der Waals surface area contributed by atoms with Crippen LogP contribution >= 0.6 is 0 Å². The maximum Gasteiger partial charge on any atom is 0.239 e. The number of rotatable bonds is 4. The van der Waals surface area contributed by atoms with Crippen LogP contribution in [0.25, 0.3) is 0 Å². The maximum atomic E-state index is 13.7. The van der Waals surface area contributed by atoms with Gasteiger partial charge in [0.2, 0.25) is 5.91 Å². The summed E-state index contributed by atoms with van der Waals surface area (Å²) in [5, 5.41) is 3.33. The molecule has 0 radical (unpaired) electrons. The molecular weight excluding hydrogens is 357 g/mol. The average Bonchev–Trinajstić information content (AvgIpc) is 3.25. The van der Waals surface area contributed by atoms with Gasteiger partial charge in [-0.2, -0.15) is 0 Å². The molecular formula is C21H32FN5O. The molecule has 7 heteroatoms. The fraction of sp³-hybridized carbons (Fsp3) is 0.619. The van der Waals surface area contributed by atoms with Crippen LogP contribution < -0.4 is 5.32 Å². The minimum atomic E-state index is -0.181. The molecule has 1 N–H and O–H groups in total. The molecule has 0 aliphatic carbocycles. The van der Waals surface area contributed by atoms with Gasteiger partial charge in [0.05, 0.1) is 6.04 Å². The molecule has 154 valence electrons. The van der Waals surface area contributed by atoms with E-state index in [4.69, 9.17) is 0 Å². The van der Waals surface area contributed by atoms with Gasteiger partial charge in [0.15, 0.2) is 5.96 Å². The van der Waals surface area contributed by atoms with Crippen molar-refractivity contribution in [3.05, 3.63) is 35.1 Å². The molecule has 28 heavy (non-hydrogen) atoms.